The minimum atomic E-state index is -1.14. The number of aliphatic carboxylic acids is 1. The Morgan fingerprint density at radius 2 is 1.67 bits per heavy atom. The number of carbonyl (C=O) groups excluding carboxylic acids is 2. The van der Waals surface area contributed by atoms with Crippen molar-refractivity contribution < 1.29 is 33.0 Å². The van der Waals surface area contributed by atoms with Gasteiger partial charge in [0.1, 0.15) is 23.4 Å². The lowest BCUT2D eigenvalue weighted by Gasteiger charge is -2.21. The number of amides is 2. The average Bonchev–Trinajstić information content (AvgIpc) is 3.27. The Kier molecular flexibility index (Phi) is 12.1. The maximum absolute atomic E-state index is 12.6. The molecule has 33 heavy (non-hydrogen) atoms. The zero-order valence-electron chi connectivity index (χ0n) is 19.0. The number of alkyl halides is 1. The van der Waals surface area contributed by atoms with Gasteiger partial charge in [0, 0.05) is 12.5 Å². The van der Waals surface area contributed by atoms with E-state index in [2.05, 4.69) is 5.32 Å². The molecule has 2 unspecified atom stereocenters. The first-order chi connectivity index (χ1) is 15.8. The molecule has 1 aliphatic heterocycles. The van der Waals surface area contributed by atoms with E-state index in [0.29, 0.717) is 12.2 Å². The lowest BCUT2D eigenvalue weighted by atomic mass is 10.1. The molecule has 2 aromatic rings. The number of likely N-dealkylation sites (tertiary alicyclic amines) is 1. The predicted molar refractivity (Wildman–Crippen MR) is 120 cm³/mol. The van der Waals surface area contributed by atoms with Crippen molar-refractivity contribution in [2.24, 2.45) is 5.92 Å². The van der Waals surface area contributed by atoms with Crippen LogP contribution in [0.5, 0.6) is 11.5 Å². The van der Waals surface area contributed by atoms with E-state index >= 15 is 0 Å². The van der Waals surface area contributed by atoms with Crippen LogP contribution in [0.15, 0.2) is 48.5 Å². The first-order valence-electron chi connectivity index (χ1n) is 10.6. The number of benzene rings is 2. The zero-order chi connectivity index (χ0) is 24.8. The van der Waals surface area contributed by atoms with Gasteiger partial charge in [-0.05, 0) is 49.7 Å². The molecule has 3 rings (SSSR count). The van der Waals surface area contributed by atoms with Crippen molar-refractivity contribution in [1.82, 2.24) is 10.2 Å². The number of rotatable bonds is 7. The van der Waals surface area contributed by atoms with Crippen LogP contribution >= 0.6 is 0 Å². The maximum atomic E-state index is 12.6. The van der Waals surface area contributed by atoms with E-state index in [9.17, 15) is 23.2 Å². The van der Waals surface area contributed by atoms with Crippen molar-refractivity contribution >= 4 is 18.3 Å². The van der Waals surface area contributed by atoms with Crippen LogP contribution in [0, 0.1) is 18.7 Å². The van der Waals surface area contributed by atoms with Crippen LogP contribution < -0.4 is 10.1 Å². The van der Waals surface area contributed by atoms with Crippen LogP contribution in [0.3, 0.4) is 0 Å². The van der Waals surface area contributed by atoms with E-state index in [0.717, 1.165) is 10.6 Å². The molecule has 0 bridgehead atoms. The number of carboxylic acids is 1. The third-order valence-electron chi connectivity index (χ3n) is 4.62. The highest BCUT2D eigenvalue weighted by Crippen LogP contribution is 2.24. The Morgan fingerprint density at radius 3 is 2.15 bits per heavy atom. The maximum Gasteiger partial charge on any atom is 0.326 e. The second-order valence-corrected chi connectivity index (χ2v) is 7.02. The summed E-state index contributed by atoms with van der Waals surface area (Å²) < 4.78 is 30.6. The predicted octanol–water partition coefficient (Wildman–Crippen LogP) is 3.96. The van der Waals surface area contributed by atoms with Crippen molar-refractivity contribution in [3.8, 4) is 11.5 Å². The van der Waals surface area contributed by atoms with Gasteiger partial charge < -0.3 is 20.1 Å². The van der Waals surface area contributed by atoms with E-state index in [-0.39, 0.29) is 25.3 Å². The van der Waals surface area contributed by atoms with Gasteiger partial charge in [0.25, 0.3) is 0 Å². The lowest BCUT2D eigenvalue weighted by molar-refractivity contribution is -0.147. The topological polar surface area (TPSA) is 95.9 Å². The van der Waals surface area contributed by atoms with Gasteiger partial charge in [-0.1, -0.05) is 31.5 Å². The molecule has 1 heterocycles. The van der Waals surface area contributed by atoms with Gasteiger partial charge in [0.05, 0.1) is 13.2 Å². The Balaban J connectivity index is 0.000000307. The van der Waals surface area contributed by atoms with E-state index in [4.69, 9.17) is 9.84 Å². The normalized spacial score (nSPS) is 16.5. The second kappa shape index (κ2) is 14.5. The van der Waals surface area contributed by atoms with E-state index in [1.54, 1.807) is 12.1 Å². The first kappa shape index (κ1) is 27.5. The lowest BCUT2D eigenvalue weighted by Crippen LogP contribution is -2.44. The summed E-state index contributed by atoms with van der Waals surface area (Å²) in [5, 5.41) is 11.0. The molecule has 9 heteroatoms. The Labute approximate surface area is 192 Å². The van der Waals surface area contributed by atoms with Crippen LogP contribution in [0.2, 0.25) is 0 Å². The van der Waals surface area contributed by atoms with Crippen molar-refractivity contribution in [3.63, 3.8) is 0 Å². The van der Waals surface area contributed by atoms with Crippen LogP contribution in [-0.2, 0) is 14.4 Å². The summed E-state index contributed by atoms with van der Waals surface area (Å²) in [6, 6.07) is 12.7. The molecule has 7 nitrogen and oxygen atoms in total. The minimum absolute atomic E-state index is 0.0901. The SMILES string of the molecule is CC.Cc1ccc(Oc2ccc(F)cc2)cc1.O=CNCC(=O)N1CC(CF)CC1C(=O)O. The number of nitrogens with one attached hydrogen (secondary N) is 1. The summed E-state index contributed by atoms with van der Waals surface area (Å²) in [4.78, 5) is 33.4. The number of carbonyl (C=O) groups is 3. The largest absolute Gasteiger partial charge is 0.480 e. The van der Waals surface area contributed by atoms with Crippen LogP contribution in [-0.4, -0.2) is 54.1 Å². The van der Waals surface area contributed by atoms with Crippen molar-refractivity contribution in [3.05, 3.63) is 59.9 Å². The molecule has 180 valence electrons. The van der Waals surface area contributed by atoms with Crippen LogP contribution in [0.25, 0.3) is 0 Å². The number of hydrogen-bond donors (Lipinski definition) is 2. The van der Waals surface area contributed by atoms with Gasteiger partial charge in [0.15, 0.2) is 0 Å². The Bertz CT molecular complexity index is 832. The van der Waals surface area contributed by atoms with Gasteiger partial charge in [-0.15, -0.1) is 0 Å². The molecule has 1 aliphatic rings. The Hall–Kier alpha value is -3.49. The fourth-order valence-corrected chi connectivity index (χ4v) is 3.02. The van der Waals surface area contributed by atoms with Crippen LogP contribution in [0.4, 0.5) is 8.78 Å². The molecule has 1 saturated heterocycles. The van der Waals surface area contributed by atoms with Gasteiger partial charge in [-0.3, -0.25) is 14.0 Å². The molecule has 2 amide bonds. The molecular weight excluding hydrogens is 434 g/mol. The van der Waals surface area contributed by atoms with Crippen LogP contribution in [0.1, 0.15) is 25.8 Å². The second-order valence-electron chi connectivity index (χ2n) is 7.02. The summed E-state index contributed by atoms with van der Waals surface area (Å²) in [5.41, 5.74) is 1.18. The standard InChI is InChI=1S/C13H11FO.C9H13FN2O4.C2H6/c1-10-2-6-12(7-3-10)15-13-8-4-11(14)5-9-13;10-2-6-1-7(9(15)16)12(4-6)8(14)3-11-5-13;1-2/h2-9H,1H3;5-7H,1-4H2,(H,11,13)(H,15,16);1-2H3. The fraction of sp³-hybridized carbons (Fsp3) is 0.375. The number of ether oxygens (including phenoxy) is 1. The third-order valence-corrected chi connectivity index (χ3v) is 4.62. The number of hydrogen-bond acceptors (Lipinski definition) is 4. The molecule has 0 spiro atoms. The number of halogens is 2. The van der Waals surface area contributed by atoms with Gasteiger partial charge in [-0.25, -0.2) is 9.18 Å². The minimum Gasteiger partial charge on any atom is -0.480 e. The highest BCUT2D eigenvalue weighted by Gasteiger charge is 2.39. The van der Waals surface area contributed by atoms with E-state index < -0.39 is 30.5 Å². The van der Waals surface area contributed by atoms with E-state index in [1.807, 2.05) is 45.0 Å². The summed E-state index contributed by atoms with van der Waals surface area (Å²) >= 11 is 0. The third kappa shape index (κ3) is 9.26. The molecule has 2 atom stereocenters. The number of aryl methyl sites for hydroxylation is 1. The number of nitrogens with zero attached hydrogens (tertiary/aromatic N) is 1. The van der Waals surface area contributed by atoms with Gasteiger partial charge >= 0.3 is 5.97 Å². The van der Waals surface area contributed by atoms with E-state index in [1.165, 1.54) is 17.7 Å². The summed E-state index contributed by atoms with van der Waals surface area (Å²) in [5.74, 6) is -0.939. The molecule has 1 fully saturated rings. The fourth-order valence-electron chi connectivity index (χ4n) is 3.02. The average molecular weight is 465 g/mol. The highest BCUT2D eigenvalue weighted by atomic mass is 19.1. The van der Waals surface area contributed by atoms with Gasteiger partial charge in [0.2, 0.25) is 12.3 Å². The molecule has 0 aliphatic carbocycles. The van der Waals surface area contributed by atoms with Crippen molar-refractivity contribution in [2.45, 2.75) is 33.2 Å². The Morgan fingerprint density at radius 1 is 1.12 bits per heavy atom. The summed E-state index contributed by atoms with van der Waals surface area (Å²) in [7, 11) is 0. The molecule has 2 N–H and O–H groups in total. The van der Waals surface area contributed by atoms with Crippen molar-refractivity contribution in [1.29, 1.82) is 0 Å². The molecule has 2 aromatic carbocycles. The van der Waals surface area contributed by atoms with Gasteiger partial charge in [-0.2, -0.15) is 0 Å². The molecular formula is C24H30F2N2O5. The molecule has 0 radical (unpaired) electrons. The zero-order valence-corrected chi connectivity index (χ0v) is 19.0. The van der Waals surface area contributed by atoms with Crippen molar-refractivity contribution in [2.75, 3.05) is 19.8 Å². The molecule has 0 aromatic heterocycles. The quantitative estimate of drug-likeness (QED) is 0.605. The number of carboxylic acid groups (broad SMARTS) is 1. The smallest absolute Gasteiger partial charge is 0.326 e. The first-order valence-corrected chi connectivity index (χ1v) is 10.6. The monoisotopic (exact) mass is 464 g/mol. The highest BCUT2D eigenvalue weighted by molar-refractivity contribution is 5.86. The summed E-state index contributed by atoms with van der Waals surface area (Å²) in [6.45, 7) is 5.20. The molecule has 0 saturated carbocycles. The summed E-state index contributed by atoms with van der Waals surface area (Å²) in [6.07, 6.45) is 0.481.